The molecule has 0 saturated heterocycles. The van der Waals surface area contributed by atoms with Gasteiger partial charge in [-0.05, 0) is 72.4 Å². The van der Waals surface area contributed by atoms with Crippen LogP contribution in [0.5, 0.6) is 5.75 Å². The Hall–Kier alpha value is -4.66. The Bertz CT molecular complexity index is 1500. The van der Waals surface area contributed by atoms with Gasteiger partial charge in [-0.2, -0.15) is 0 Å². The number of nitrogens with one attached hydrogen (secondary N) is 2. The van der Waals surface area contributed by atoms with Crippen LogP contribution in [0.1, 0.15) is 49.9 Å². The van der Waals surface area contributed by atoms with Crippen LogP contribution in [0.2, 0.25) is 0 Å². The molecule has 212 valence electrons. The predicted octanol–water partition coefficient (Wildman–Crippen LogP) is 6.05. The molecule has 2 bridgehead atoms. The van der Waals surface area contributed by atoms with Crippen LogP contribution < -0.4 is 15.4 Å². The summed E-state index contributed by atoms with van der Waals surface area (Å²) in [6.45, 7) is 2.46. The topological polar surface area (TPSA) is 110 Å². The van der Waals surface area contributed by atoms with E-state index in [4.69, 9.17) is 14.5 Å². The standard InChI is InChI=1S/C32H34N4O5/c1-20-6-4-9-29(36-15-13-22(18-30(36)37)21-7-5-8-25(16-21)40-2)28-17-23(12-14-33-28)26-11-10-24(34-32(39)41-3)19-27(26)35-31(20)38/h5,7-8,10-12,14,16-20,29H,4,6,9,13,15H2,1-3H3,(H,34,39)(H,35,38). The van der Waals surface area contributed by atoms with Crippen molar-refractivity contribution in [1.29, 1.82) is 0 Å². The van der Waals surface area contributed by atoms with Gasteiger partial charge in [-0.15, -0.1) is 0 Å². The first-order valence-corrected chi connectivity index (χ1v) is 13.8. The van der Waals surface area contributed by atoms with Gasteiger partial charge < -0.3 is 19.7 Å². The Morgan fingerprint density at radius 1 is 1.05 bits per heavy atom. The molecule has 5 rings (SSSR count). The van der Waals surface area contributed by atoms with E-state index in [-0.39, 0.29) is 23.8 Å². The number of carbonyl (C=O) groups is 3. The quantitative estimate of drug-likeness (QED) is 0.406. The van der Waals surface area contributed by atoms with Crippen molar-refractivity contribution in [3.05, 3.63) is 78.1 Å². The molecular formula is C32H34N4O5. The van der Waals surface area contributed by atoms with Gasteiger partial charge in [-0.25, -0.2) is 4.79 Å². The highest BCUT2D eigenvalue weighted by molar-refractivity contribution is 5.99. The van der Waals surface area contributed by atoms with Crippen LogP contribution in [0.15, 0.2) is 66.9 Å². The van der Waals surface area contributed by atoms with Crippen molar-refractivity contribution in [2.45, 2.75) is 38.6 Å². The van der Waals surface area contributed by atoms with Crippen LogP contribution in [0.3, 0.4) is 0 Å². The van der Waals surface area contributed by atoms with Crippen LogP contribution in [0.25, 0.3) is 16.7 Å². The molecular weight excluding hydrogens is 520 g/mol. The minimum atomic E-state index is -0.596. The highest BCUT2D eigenvalue weighted by Gasteiger charge is 2.30. The summed E-state index contributed by atoms with van der Waals surface area (Å²) in [6, 6.07) is 16.7. The monoisotopic (exact) mass is 554 g/mol. The third-order valence-electron chi connectivity index (χ3n) is 7.72. The largest absolute Gasteiger partial charge is 0.497 e. The van der Waals surface area contributed by atoms with Crippen molar-refractivity contribution in [3.63, 3.8) is 0 Å². The summed E-state index contributed by atoms with van der Waals surface area (Å²) in [5, 5.41) is 5.70. The number of amides is 3. The number of hydrogen-bond acceptors (Lipinski definition) is 6. The average Bonchev–Trinajstić information content (AvgIpc) is 2.99. The minimum Gasteiger partial charge on any atom is -0.497 e. The third kappa shape index (κ3) is 6.24. The number of benzene rings is 2. The maximum atomic E-state index is 13.5. The predicted molar refractivity (Wildman–Crippen MR) is 157 cm³/mol. The lowest BCUT2D eigenvalue weighted by Gasteiger charge is -2.34. The molecule has 0 fully saturated rings. The van der Waals surface area contributed by atoms with Gasteiger partial charge in [0.2, 0.25) is 11.8 Å². The van der Waals surface area contributed by atoms with E-state index in [9.17, 15) is 14.4 Å². The molecule has 1 aromatic heterocycles. The van der Waals surface area contributed by atoms with E-state index in [2.05, 4.69) is 10.6 Å². The van der Waals surface area contributed by atoms with Gasteiger partial charge in [0.1, 0.15) is 5.75 Å². The van der Waals surface area contributed by atoms with Crippen LogP contribution in [0.4, 0.5) is 16.2 Å². The molecule has 2 aromatic carbocycles. The summed E-state index contributed by atoms with van der Waals surface area (Å²) in [7, 11) is 2.93. The Labute approximate surface area is 239 Å². The lowest BCUT2D eigenvalue weighted by atomic mass is 9.92. The van der Waals surface area contributed by atoms with E-state index >= 15 is 0 Å². The second kappa shape index (κ2) is 12.2. The van der Waals surface area contributed by atoms with Gasteiger partial charge in [0.05, 0.1) is 31.6 Å². The fourth-order valence-electron chi connectivity index (χ4n) is 5.43. The number of carbonyl (C=O) groups excluding carboxylic acids is 3. The number of rotatable bonds is 4. The van der Waals surface area contributed by atoms with Crippen LogP contribution in [-0.4, -0.2) is 48.6 Å². The van der Waals surface area contributed by atoms with Crippen molar-refractivity contribution in [1.82, 2.24) is 9.88 Å². The number of ether oxygens (including phenoxy) is 2. The number of fused-ring (bicyclic) bond motifs is 4. The van der Waals surface area contributed by atoms with E-state index in [1.165, 1.54) is 7.11 Å². The van der Waals surface area contributed by atoms with E-state index < -0.39 is 6.09 Å². The molecule has 3 amide bonds. The van der Waals surface area contributed by atoms with Gasteiger partial charge in [0.25, 0.3) is 0 Å². The van der Waals surface area contributed by atoms with Crippen LogP contribution in [-0.2, 0) is 14.3 Å². The maximum absolute atomic E-state index is 13.5. The van der Waals surface area contributed by atoms with E-state index in [0.29, 0.717) is 37.2 Å². The van der Waals surface area contributed by atoms with Crippen molar-refractivity contribution in [3.8, 4) is 16.9 Å². The molecule has 2 N–H and O–H groups in total. The van der Waals surface area contributed by atoms with Gasteiger partial charge in [0, 0.05) is 36.0 Å². The molecule has 9 nitrogen and oxygen atoms in total. The fourth-order valence-corrected chi connectivity index (χ4v) is 5.43. The molecule has 9 heteroatoms. The summed E-state index contributed by atoms with van der Waals surface area (Å²) in [6.07, 6.45) is 5.68. The normalized spacial score (nSPS) is 19.1. The van der Waals surface area contributed by atoms with E-state index in [1.54, 1.807) is 31.5 Å². The molecule has 3 aromatic rings. The first-order chi connectivity index (χ1) is 19.9. The Morgan fingerprint density at radius 2 is 1.90 bits per heavy atom. The number of aromatic nitrogens is 1. The Kier molecular flexibility index (Phi) is 8.33. The Balaban J connectivity index is 1.50. The lowest BCUT2D eigenvalue weighted by molar-refractivity contribution is -0.129. The van der Waals surface area contributed by atoms with Gasteiger partial charge in [0.15, 0.2) is 0 Å². The zero-order chi connectivity index (χ0) is 28.9. The molecule has 2 atom stereocenters. The van der Waals surface area contributed by atoms with Crippen LogP contribution >= 0.6 is 0 Å². The molecule has 0 aliphatic carbocycles. The van der Waals surface area contributed by atoms with Crippen molar-refractivity contribution >= 4 is 34.9 Å². The number of hydrogen-bond donors (Lipinski definition) is 2. The molecule has 0 spiro atoms. The molecule has 2 aliphatic heterocycles. The van der Waals surface area contributed by atoms with Crippen molar-refractivity contribution in [2.24, 2.45) is 5.92 Å². The average molecular weight is 555 g/mol. The summed E-state index contributed by atoms with van der Waals surface area (Å²) in [4.78, 5) is 45.1. The minimum absolute atomic E-state index is 0.0527. The van der Waals surface area contributed by atoms with Gasteiger partial charge >= 0.3 is 6.09 Å². The highest BCUT2D eigenvalue weighted by atomic mass is 16.5. The second-order valence-electron chi connectivity index (χ2n) is 10.4. The first-order valence-electron chi connectivity index (χ1n) is 13.8. The number of anilines is 2. The summed E-state index contributed by atoms with van der Waals surface area (Å²) >= 11 is 0. The van der Waals surface area contributed by atoms with Crippen LogP contribution in [0, 0.1) is 5.92 Å². The number of nitrogens with zero attached hydrogens (tertiary/aromatic N) is 2. The Morgan fingerprint density at radius 3 is 2.68 bits per heavy atom. The number of pyridine rings is 1. The zero-order valence-electron chi connectivity index (χ0n) is 23.5. The highest BCUT2D eigenvalue weighted by Crippen LogP contribution is 2.37. The molecule has 3 heterocycles. The first kappa shape index (κ1) is 27.9. The van der Waals surface area contributed by atoms with E-state index in [1.807, 2.05) is 54.3 Å². The third-order valence-corrected chi connectivity index (χ3v) is 7.72. The summed E-state index contributed by atoms with van der Waals surface area (Å²) in [5.41, 5.74) is 5.48. The van der Waals surface area contributed by atoms with Crippen molar-refractivity contribution < 1.29 is 23.9 Å². The smallest absolute Gasteiger partial charge is 0.411 e. The fraction of sp³-hybridized carbons (Fsp3) is 0.312. The molecule has 0 radical (unpaired) electrons. The lowest BCUT2D eigenvalue weighted by Crippen LogP contribution is -2.38. The van der Waals surface area contributed by atoms with Gasteiger partial charge in [-0.3, -0.25) is 19.9 Å². The zero-order valence-corrected chi connectivity index (χ0v) is 23.5. The molecule has 41 heavy (non-hydrogen) atoms. The summed E-state index contributed by atoms with van der Waals surface area (Å²) in [5.74, 6) is 0.351. The maximum Gasteiger partial charge on any atom is 0.411 e. The van der Waals surface area contributed by atoms with Gasteiger partial charge in [-0.1, -0.05) is 31.5 Å². The SMILES string of the molecule is COC(=O)Nc1ccc2c(c1)NC(=O)C(C)CCCC(N1CCC(c3cccc(OC)c3)=CC1=O)c1cc-2ccn1. The van der Waals surface area contributed by atoms with Crippen molar-refractivity contribution in [2.75, 3.05) is 31.4 Å². The molecule has 2 unspecified atom stereocenters. The summed E-state index contributed by atoms with van der Waals surface area (Å²) < 4.78 is 10.1. The molecule has 0 saturated carbocycles. The molecule has 2 aliphatic rings. The second-order valence-corrected chi connectivity index (χ2v) is 10.4. The number of methoxy groups -OCH3 is 2. The van der Waals surface area contributed by atoms with E-state index in [0.717, 1.165) is 40.1 Å².